The first-order valence-electron chi connectivity index (χ1n) is 9.76. The number of nitrogens with one attached hydrogen (secondary N) is 1. The highest BCUT2D eigenvalue weighted by atomic mass is 16.4. The van der Waals surface area contributed by atoms with Crippen LogP contribution in [0.5, 0.6) is 0 Å². The Balaban J connectivity index is 0. The first-order chi connectivity index (χ1) is 13.6. The monoisotopic (exact) mass is 415 g/mol. The van der Waals surface area contributed by atoms with Gasteiger partial charge < -0.3 is 20.2 Å². The van der Waals surface area contributed by atoms with E-state index in [0.717, 1.165) is 39.8 Å². The minimum Gasteiger partial charge on any atom is -0.481 e. The van der Waals surface area contributed by atoms with E-state index in [1.807, 2.05) is 11.2 Å². The Bertz CT molecular complexity index is 467. The summed E-state index contributed by atoms with van der Waals surface area (Å²) in [7, 11) is 0. The molecule has 9 nitrogen and oxygen atoms in total. The lowest BCUT2D eigenvalue weighted by Crippen LogP contribution is -2.49. The standard InChI is InChI=1S/C9H16N2O2.C7H13N.2C2H4O2/c1-2-8(9(12)13)10-11-6-4-3-5-7-11;1-2-8-6-4-3-5-7-8;2*1-2(3)4/h2,8,10H,1,3-7H2,(H,12,13);2H,1,3-7H2;2*1H3,(H,3,4). The average Bonchev–Trinajstić information content (AvgIpc) is 2.67. The zero-order chi connectivity index (χ0) is 22.7. The first-order valence-corrected chi connectivity index (χ1v) is 9.76. The quantitative estimate of drug-likeness (QED) is 0.500. The Kier molecular flexibility index (Phi) is 18.8. The fourth-order valence-corrected chi connectivity index (χ4v) is 2.53. The van der Waals surface area contributed by atoms with Crippen LogP contribution in [-0.2, 0) is 14.4 Å². The van der Waals surface area contributed by atoms with Crippen molar-refractivity contribution >= 4 is 17.9 Å². The van der Waals surface area contributed by atoms with E-state index < -0.39 is 23.9 Å². The highest BCUT2D eigenvalue weighted by Crippen LogP contribution is 2.07. The molecule has 0 aliphatic carbocycles. The molecule has 29 heavy (non-hydrogen) atoms. The number of piperidine rings is 2. The molecule has 1 unspecified atom stereocenters. The van der Waals surface area contributed by atoms with Gasteiger partial charge in [-0.2, -0.15) is 0 Å². The fraction of sp³-hybridized carbons (Fsp3) is 0.650. The molecule has 2 heterocycles. The summed E-state index contributed by atoms with van der Waals surface area (Å²) >= 11 is 0. The van der Waals surface area contributed by atoms with Crippen molar-refractivity contribution < 1.29 is 29.7 Å². The Morgan fingerprint density at radius 1 is 0.828 bits per heavy atom. The number of rotatable bonds is 5. The van der Waals surface area contributed by atoms with Crippen molar-refractivity contribution in [1.29, 1.82) is 0 Å². The highest BCUT2D eigenvalue weighted by Gasteiger charge is 2.17. The number of carbonyl (C=O) groups is 3. The largest absolute Gasteiger partial charge is 0.481 e. The molecule has 0 amide bonds. The van der Waals surface area contributed by atoms with Crippen LogP contribution in [0.4, 0.5) is 0 Å². The molecule has 4 N–H and O–H groups in total. The average molecular weight is 416 g/mol. The maximum Gasteiger partial charge on any atom is 0.326 e. The molecule has 2 fully saturated rings. The number of aliphatic carboxylic acids is 3. The zero-order valence-corrected chi connectivity index (χ0v) is 17.7. The third-order valence-electron chi connectivity index (χ3n) is 3.83. The smallest absolute Gasteiger partial charge is 0.326 e. The van der Waals surface area contributed by atoms with Crippen molar-refractivity contribution in [1.82, 2.24) is 15.3 Å². The second-order valence-electron chi connectivity index (χ2n) is 6.55. The van der Waals surface area contributed by atoms with Crippen molar-refractivity contribution in [3.05, 3.63) is 25.4 Å². The van der Waals surface area contributed by atoms with Crippen LogP contribution in [0.15, 0.2) is 25.4 Å². The van der Waals surface area contributed by atoms with Crippen LogP contribution >= 0.6 is 0 Å². The lowest BCUT2D eigenvalue weighted by atomic mass is 10.1. The minimum absolute atomic E-state index is 0.655. The van der Waals surface area contributed by atoms with E-state index >= 15 is 0 Å². The summed E-state index contributed by atoms with van der Waals surface area (Å²) in [6.07, 6.45) is 11.0. The van der Waals surface area contributed by atoms with Gasteiger partial charge in [-0.05, 0) is 38.3 Å². The molecule has 168 valence electrons. The van der Waals surface area contributed by atoms with Gasteiger partial charge in [0.05, 0.1) is 0 Å². The lowest BCUT2D eigenvalue weighted by Gasteiger charge is -2.28. The predicted octanol–water partition coefficient (Wildman–Crippen LogP) is 2.41. The molecular formula is C20H37N3O6. The summed E-state index contributed by atoms with van der Waals surface area (Å²) in [5.41, 5.74) is 2.92. The summed E-state index contributed by atoms with van der Waals surface area (Å²) < 4.78 is 0. The highest BCUT2D eigenvalue weighted by molar-refractivity contribution is 5.75. The van der Waals surface area contributed by atoms with Gasteiger partial charge in [-0.25, -0.2) is 10.4 Å². The van der Waals surface area contributed by atoms with Gasteiger partial charge in [-0.1, -0.05) is 19.1 Å². The Morgan fingerprint density at radius 2 is 1.21 bits per heavy atom. The van der Waals surface area contributed by atoms with Gasteiger partial charge >= 0.3 is 5.97 Å². The number of hydrogen-bond acceptors (Lipinski definition) is 6. The third kappa shape index (κ3) is 21.8. The molecule has 2 aliphatic heterocycles. The van der Waals surface area contributed by atoms with Crippen LogP contribution in [0.1, 0.15) is 52.4 Å². The maximum absolute atomic E-state index is 10.6. The lowest BCUT2D eigenvalue weighted by molar-refractivity contribution is -0.140. The topological polar surface area (TPSA) is 130 Å². The normalized spacial score (nSPS) is 16.8. The Hall–Kier alpha value is -2.39. The Morgan fingerprint density at radius 3 is 1.48 bits per heavy atom. The number of nitrogens with zero attached hydrogens (tertiary/aromatic N) is 2. The van der Waals surface area contributed by atoms with E-state index in [9.17, 15) is 4.79 Å². The number of hydrogen-bond donors (Lipinski definition) is 4. The summed E-state index contributed by atoms with van der Waals surface area (Å²) in [4.78, 5) is 30.9. The number of carboxylic acids is 3. The van der Waals surface area contributed by atoms with E-state index in [1.165, 1.54) is 44.8 Å². The second kappa shape index (κ2) is 18.9. The van der Waals surface area contributed by atoms with E-state index in [-0.39, 0.29) is 0 Å². The van der Waals surface area contributed by atoms with E-state index in [4.69, 9.17) is 24.9 Å². The molecule has 9 heteroatoms. The van der Waals surface area contributed by atoms with Gasteiger partial charge in [-0.3, -0.25) is 14.4 Å². The van der Waals surface area contributed by atoms with Crippen molar-refractivity contribution in [2.24, 2.45) is 0 Å². The summed E-state index contributed by atoms with van der Waals surface area (Å²) in [5, 5.41) is 25.5. The van der Waals surface area contributed by atoms with Gasteiger partial charge in [0, 0.05) is 40.0 Å². The van der Waals surface area contributed by atoms with Crippen LogP contribution in [0.25, 0.3) is 0 Å². The number of hydrazine groups is 1. The SMILES string of the molecule is C=CC(NN1CCCCC1)C(=O)O.C=CN1CCCCC1.CC(=O)O.CC(=O)O. The van der Waals surface area contributed by atoms with Crippen LogP contribution in [0, 0.1) is 0 Å². The van der Waals surface area contributed by atoms with Crippen molar-refractivity contribution in [3.8, 4) is 0 Å². The summed E-state index contributed by atoms with van der Waals surface area (Å²) in [6.45, 7) is 13.7. The molecule has 2 rings (SSSR count). The first kappa shape index (κ1) is 28.8. The zero-order valence-electron chi connectivity index (χ0n) is 17.7. The number of carboxylic acid groups (broad SMARTS) is 3. The van der Waals surface area contributed by atoms with Crippen LogP contribution in [0.3, 0.4) is 0 Å². The van der Waals surface area contributed by atoms with E-state index in [0.29, 0.717) is 0 Å². The second-order valence-corrected chi connectivity index (χ2v) is 6.55. The number of likely N-dealkylation sites (tertiary alicyclic amines) is 1. The third-order valence-corrected chi connectivity index (χ3v) is 3.83. The molecule has 1 atom stereocenters. The summed E-state index contributed by atoms with van der Waals surface area (Å²) in [6, 6.07) is -0.655. The van der Waals surface area contributed by atoms with Gasteiger partial charge in [-0.15, -0.1) is 6.58 Å². The predicted molar refractivity (Wildman–Crippen MR) is 112 cm³/mol. The van der Waals surface area contributed by atoms with Crippen molar-refractivity contribution in [2.45, 2.75) is 58.4 Å². The van der Waals surface area contributed by atoms with Gasteiger partial charge in [0.25, 0.3) is 11.9 Å². The summed E-state index contributed by atoms with van der Waals surface area (Å²) in [5.74, 6) is -2.54. The van der Waals surface area contributed by atoms with Crippen molar-refractivity contribution in [3.63, 3.8) is 0 Å². The van der Waals surface area contributed by atoms with Gasteiger partial charge in [0.15, 0.2) is 0 Å². The molecule has 0 aromatic heterocycles. The molecule has 2 saturated heterocycles. The Labute approximate surface area is 173 Å². The van der Waals surface area contributed by atoms with Crippen LogP contribution < -0.4 is 5.43 Å². The molecular weight excluding hydrogens is 378 g/mol. The fourth-order valence-electron chi connectivity index (χ4n) is 2.53. The molecule has 0 aromatic rings. The molecule has 2 aliphatic rings. The molecule has 0 spiro atoms. The molecule has 0 bridgehead atoms. The minimum atomic E-state index is -0.874. The van der Waals surface area contributed by atoms with E-state index in [1.54, 1.807) is 0 Å². The van der Waals surface area contributed by atoms with Gasteiger partial charge in [0.2, 0.25) is 0 Å². The maximum atomic E-state index is 10.6. The molecule has 0 aromatic carbocycles. The van der Waals surface area contributed by atoms with Crippen LogP contribution in [-0.4, -0.2) is 75.4 Å². The van der Waals surface area contributed by atoms with Crippen molar-refractivity contribution in [2.75, 3.05) is 26.2 Å². The van der Waals surface area contributed by atoms with Gasteiger partial charge in [0.1, 0.15) is 6.04 Å². The van der Waals surface area contributed by atoms with Crippen LogP contribution in [0.2, 0.25) is 0 Å². The molecule has 0 radical (unpaired) electrons. The van der Waals surface area contributed by atoms with E-state index in [2.05, 4.69) is 23.5 Å². The molecule has 0 saturated carbocycles.